The van der Waals surface area contributed by atoms with Gasteiger partial charge in [0.15, 0.2) is 0 Å². The fraction of sp³-hybridized carbons (Fsp3) is 0.800. The van der Waals surface area contributed by atoms with E-state index in [1.54, 1.807) is 7.05 Å². The summed E-state index contributed by atoms with van der Waals surface area (Å²) in [5.74, 6) is -1.18. The van der Waals surface area contributed by atoms with E-state index in [0.29, 0.717) is 12.8 Å². The molecule has 0 aliphatic heterocycles. The molecule has 0 heterocycles. The summed E-state index contributed by atoms with van der Waals surface area (Å²) in [7, 11) is 1.65. The fourth-order valence-corrected chi connectivity index (χ4v) is 4.03. The van der Waals surface area contributed by atoms with Crippen LogP contribution in [0, 0.1) is 5.92 Å². The standard InChI is InChI=1S/C22H39N3O4.C3H8/c1-7-22(8-2,24-15(3)4)21(29)23-18(17-11-9-10-12-17)19(26)25(6)14-13-16(5)20(27)28;1-3-2/h13,15,17-18,24H,7-12,14H2,1-6H3,(H,23,29)(H,27,28);3H2,1-2H3/b16-13+;. The lowest BCUT2D eigenvalue weighted by Crippen LogP contribution is -2.62. The summed E-state index contributed by atoms with van der Waals surface area (Å²) < 4.78 is 0. The average Bonchev–Trinajstić information content (AvgIpc) is 3.28. The van der Waals surface area contributed by atoms with Crippen molar-refractivity contribution in [3.63, 3.8) is 0 Å². The number of carbonyl (C=O) groups is 3. The van der Waals surface area contributed by atoms with Gasteiger partial charge in [-0.3, -0.25) is 9.59 Å². The molecule has 0 bridgehead atoms. The zero-order valence-corrected chi connectivity index (χ0v) is 21.6. The minimum Gasteiger partial charge on any atom is -0.478 e. The lowest BCUT2D eigenvalue weighted by molar-refractivity contribution is -0.139. The number of nitrogens with zero attached hydrogens (tertiary/aromatic N) is 1. The molecule has 0 saturated heterocycles. The molecule has 0 spiro atoms. The molecule has 0 aromatic rings. The number of likely N-dealkylation sites (N-methyl/N-ethyl adjacent to an activating group) is 1. The van der Waals surface area contributed by atoms with Crippen molar-refractivity contribution in [1.82, 2.24) is 15.5 Å². The molecule has 0 radical (unpaired) electrons. The van der Waals surface area contributed by atoms with Crippen molar-refractivity contribution in [1.29, 1.82) is 0 Å². The van der Waals surface area contributed by atoms with E-state index in [1.807, 2.05) is 27.7 Å². The molecule has 186 valence electrons. The van der Waals surface area contributed by atoms with E-state index in [1.165, 1.54) is 24.3 Å². The van der Waals surface area contributed by atoms with Crippen LogP contribution in [-0.2, 0) is 14.4 Å². The third kappa shape index (κ3) is 9.31. The molecule has 7 nitrogen and oxygen atoms in total. The molecule has 1 saturated carbocycles. The molecule has 1 fully saturated rings. The van der Waals surface area contributed by atoms with Crippen LogP contribution >= 0.6 is 0 Å². The SMILES string of the molecule is CCC.CCC(CC)(NC(C)C)C(=O)NC(C(=O)N(C)C/C=C(\C)C(=O)O)C1CCCC1. The van der Waals surface area contributed by atoms with Gasteiger partial charge < -0.3 is 20.6 Å². The zero-order valence-electron chi connectivity index (χ0n) is 21.6. The van der Waals surface area contributed by atoms with Crippen LogP contribution in [0.15, 0.2) is 11.6 Å². The first-order chi connectivity index (χ1) is 15.0. The second-order valence-corrected chi connectivity index (χ2v) is 9.20. The normalized spacial score (nSPS) is 15.7. The highest BCUT2D eigenvalue weighted by atomic mass is 16.4. The molecular weight excluding hydrogens is 406 g/mol. The van der Waals surface area contributed by atoms with Gasteiger partial charge in [0, 0.05) is 25.2 Å². The molecule has 2 amide bonds. The van der Waals surface area contributed by atoms with E-state index in [9.17, 15) is 14.4 Å². The lowest BCUT2D eigenvalue weighted by atomic mass is 9.88. The first kappa shape index (κ1) is 30.1. The molecule has 3 N–H and O–H groups in total. The van der Waals surface area contributed by atoms with Gasteiger partial charge in [0.2, 0.25) is 11.8 Å². The number of aliphatic carboxylic acids is 1. The van der Waals surface area contributed by atoms with Crippen LogP contribution in [0.25, 0.3) is 0 Å². The Labute approximate surface area is 195 Å². The van der Waals surface area contributed by atoms with Gasteiger partial charge in [-0.25, -0.2) is 4.79 Å². The number of rotatable bonds is 11. The Kier molecular flexibility index (Phi) is 14.1. The van der Waals surface area contributed by atoms with Gasteiger partial charge in [0.25, 0.3) is 0 Å². The Morgan fingerprint density at radius 2 is 1.59 bits per heavy atom. The number of carboxylic acids is 1. The van der Waals surface area contributed by atoms with Crippen molar-refractivity contribution in [2.75, 3.05) is 13.6 Å². The number of nitrogens with one attached hydrogen (secondary N) is 2. The monoisotopic (exact) mass is 453 g/mol. The van der Waals surface area contributed by atoms with Crippen molar-refractivity contribution < 1.29 is 19.5 Å². The van der Waals surface area contributed by atoms with Crippen molar-refractivity contribution in [3.8, 4) is 0 Å². The van der Waals surface area contributed by atoms with Gasteiger partial charge in [0.1, 0.15) is 6.04 Å². The quantitative estimate of drug-likeness (QED) is 0.409. The van der Waals surface area contributed by atoms with Crippen molar-refractivity contribution in [2.24, 2.45) is 5.92 Å². The number of hydrogen-bond acceptors (Lipinski definition) is 4. The maximum atomic E-state index is 13.3. The van der Waals surface area contributed by atoms with Crippen LogP contribution in [0.2, 0.25) is 0 Å². The molecule has 1 unspecified atom stereocenters. The Morgan fingerprint density at radius 1 is 1.09 bits per heavy atom. The van der Waals surface area contributed by atoms with Gasteiger partial charge in [-0.05, 0) is 52.4 Å². The molecule has 7 heteroatoms. The number of hydrogen-bond donors (Lipinski definition) is 3. The van der Waals surface area contributed by atoms with Crippen LogP contribution in [0.1, 0.15) is 93.4 Å². The van der Waals surface area contributed by atoms with Gasteiger partial charge in [0.05, 0.1) is 5.54 Å². The van der Waals surface area contributed by atoms with Crippen molar-refractivity contribution in [3.05, 3.63) is 11.6 Å². The minimum absolute atomic E-state index is 0.115. The van der Waals surface area contributed by atoms with E-state index in [0.717, 1.165) is 25.7 Å². The predicted molar refractivity (Wildman–Crippen MR) is 130 cm³/mol. The average molecular weight is 454 g/mol. The van der Waals surface area contributed by atoms with Crippen LogP contribution in [0.3, 0.4) is 0 Å². The molecule has 0 aromatic carbocycles. The van der Waals surface area contributed by atoms with Crippen molar-refractivity contribution in [2.45, 2.75) is 111 Å². The Balaban J connectivity index is 0.00000302. The molecule has 1 aliphatic rings. The maximum absolute atomic E-state index is 13.3. The number of carbonyl (C=O) groups excluding carboxylic acids is 2. The molecule has 1 rings (SSSR count). The minimum atomic E-state index is -0.998. The van der Waals surface area contributed by atoms with Crippen molar-refractivity contribution >= 4 is 17.8 Å². The second-order valence-electron chi connectivity index (χ2n) is 9.20. The third-order valence-corrected chi connectivity index (χ3v) is 6.02. The first-order valence-electron chi connectivity index (χ1n) is 12.2. The Hall–Kier alpha value is -1.89. The van der Waals surface area contributed by atoms with Gasteiger partial charge in [-0.2, -0.15) is 0 Å². The highest BCUT2D eigenvalue weighted by Crippen LogP contribution is 2.29. The fourth-order valence-electron chi connectivity index (χ4n) is 4.03. The Morgan fingerprint density at radius 3 is 2.00 bits per heavy atom. The zero-order chi connectivity index (χ0) is 24.9. The van der Waals surface area contributed by atoms with E-state index >= 15 is 0 Å². The molecule has 0 aromatic heterocycles. The predicted octanol–water partition coefficient (Wildman–Crippen LogP) is 4.12. The van der Waals surface area contributed by atoms with Gasteiger partial charge in [-0.15, -0.1) is 0 Å². The van der Waals surface area contributed by atoms with E-state index in [4.69, 9.17) is 5.11 Å². The highest BCUT2D eigenvalue weighted by Gasteiger charge is 2.40. The van der Waals surface area contributed by atoms with Crippen LogP contribution in [0.5, 0.6) is 0 Å². The topological polar surface area (TPSA) is 98.7 Å². The summed E-state index contributed by atoms with van der Waals surface area (Å²) in [4.78, 5) is 39.0. The van der Waals surface area contributed by atoms with Crippen LogP contribution < -0.4 is 10.6 Å². The molecule has 32 heavy (non-hydrogen) atoms. The van der Waals surface area contributed by atoms with E-state index in [2.05, 4.69) is 24.5 Å². The number of carboxylic acid groups (broad SMARTS) is 1. The van der Waals surface area contributed by atoms with Gasteiger partial charge >= 0.3 is 5.97 Å². The summed E-state index contributed by atoms with van der Waals surface area (Å²) in [6.45, 7) is 13.9. The second kappa shape index (κ2) is 15.0. The summed E-state index contributed by atoms with van der Waals surface area (Å²) >= 11 is 0. The third-order valence-electron chi connectivity index (χ3n) is 6.02. The van der Waals surface area contributed by atoms with E-state index in [-0.39, 0.29) is 35.9 Å². The lowest BCUT2D eigenvalue weighted by Gasteiger charge is -2.36. The molecular formula is C25H47N3O4. The van der Waals surface area contributed by atoms with Gasteiger partial charge in [-0.1, -0.05) is 53.0 Å². The van der Waals surface area contributed by atoms with Crippen LogP contribution in [-0.4, -0.2) is 59.0 Å². The summed E-state index contributed by atoms with van der Waals surface area (Å²) in [5, 5.41) is 15.5. The van der Waals surface area contributed by atoms with E-state index < -0.39 is 17.6 Å². The molecule has 1 aliphatic carbocycles. The largest absolute Gasteiger partial charge is 0.478 e. The first-order valence-corrected chi connectivity index (χ1v) is 12.2. The Bertz CT molecular complexity index is 621. The highest BCUT2D eigenvalue weighted by molar-refractivity contribution is 5.92. The summed E-state index contributed by atoms with van der Waals surface area (Å²) in [5.41, 5.74) is -0.507. The summed E-state index contributed by atoms with van der Waals surface area (Å²) in [6, 6.07) is -0.437. The molecule has 1 atom stereocenters. The summed E-state index contributed by atoms with van der Waals surface area (Å²) in [6.07, 6.45) is 7.99. The number of amides is 2. The van der Waals surface area contributed by atoms with Crippen LogP contribution in [0.4, 0.5) is 0 Å². The smallest absolute Gasteiger partial charge is 0.331 e. The maximum Gasteiger partial charge on any atom is 0.331 e.